The monoisotopic (exact) mass is 207 g/mol. The average molecular weight is 207 g/mol. The van der Waals surface area contributed by atoms with Gasteiger partial charge in [0.1, 0.15) is 5.69 Å². The minimum Gasteiger partial charge on any atom is -0.326 e. The molecule has 0 saturated carbocycles. The molecular formula is C10H13N3S. The zero-order chi connectivity index (χ0) is 9.97. The predicted molar refractivity (Wildman–Crippen MR) is 59.1 cm³/mol. The Kier molecular flexibility index (Phi) is 2.65. The highest BCUT2D eigenvalue weighted by Crippen LogP contribution is 2.26. The van der Waals surface area contributed by atoms with Crippen LogP contribution in [0.4, 0.5) is 0 Å². The minimum absolute atomic E-state index is 0.549. The number of hydrogen-bond donors (Lipinski definition) is 1. The molecule has 4 heteroatoms. The first-order chi connectivity index (χ1) is 6.85. The van der Waals surface area contributed by atoms with Gasteiger partial charge in [-0.05, 0) is 18.4 Å². The normalized spacial score (nSPS) is 10.7. The Morgan fingerprint density at radius 2 is 2.43 bits per heavy atom. The largest absolute Gasteiger partial charge is 0.326 e. The van der Waals surface area contributed by atoms with Gasteiger partial charge in [-0.2, -0.15) is 5.10 Å². The van der Waals surface area contributed by atoms with Gasteiger partial charge in [0.25, 0.3) is 0 Å². The van der Waals surface area contributed by atoms with Crippen LogP contribution in [0.3, 0.4) is 0 Å². The summed E-state index contributed by atoms with van der Waals surface area (Å²) in [6.45, 7) is 3.51. The van der Waals surface area contributed by atoms with E-state index in [0.29, 0.717) is 6.54 Å². The highest BCUT2D eigenvalue weighted by molar-refractivity contribution is 7.13. The molecule has 0 aromatic carbocycles. The SMILES string of the molecule is CCn1cc(CN)c(-c2cccs2)n1. The van der Waals surface area contributed by atoms with E-state index >= 15 is 0 Å². The van der Waals surface area contributed by atoms with Crippen LogP contribution in [0, 0.1) is 0 Å². The fourth-order valence-electron chi connectivity index (χ4n) is 1.39. The highest BCUT2D eigenvalue weighted by atomic mass is 32.1. The van der Waals surface area contributed by atoms with Crippen LogP contribution < -0.4 is 5.73 Å². The molecule has 2 rings (SSSR count). The Labute approximate surface area is 87.2 Å². The molecule has 14 heavy (non-hydrogen) atoms. The Morgan fingerprint density at radius 1 is 1.57 bits per heavy atom. The second-order valence-electron chi connectivity index (χ2n) is 3.04. The van der Waals surface area contributed by atoms with Gasteiger partial charge in [0.15, 0.2) is 0 Å². The lowest BCUT2D eigenvalue weighted by Crippen LogP contribution is -1.95. The minimum atomic E-state index is 0.549. The lowest BCUT2D eigenvalue weighted by Gasteiger charge is -1.93. The summed E-state index contributed by atoms with van der Waals surface area (Å²) in [6.07, 6.45) is 2.02. The second-order valence-corrected chi connectivity index (χ2v) is 3.99. The van der Waals surface area contributed by atoms with Crippen molar-refractivity contribution in [3.05, 3.63) is 29.3 Å². The quantitative estimate of drug-likeness (QED) is 0.837. The second kappa shape index (κ2) is 3.94. The maximum absolute atomic E-state index is 5.68. The fraction of sp³-hybridized carbons (Fsp3) is 0.300. The summed E-state index contributed by atoms with van der Waals surface area (Å²) in [5.74, 6) is 0. The molecule has 3 nitrogen and oxygen atoms in total. The van der Waals surface area contributed by atoms with Crippen molar-refractivity contribution >= 4 is 11.3 Å². The van der Waals surface area contributed by atoms with Crippen LogP contribution in [0.5, 0.6) is 0 Å². The first-order valence-corrected chi connectivity index (χ1v) is 5.53. The van der Waals surface area contributed by atoms with Crippen LogP contribution in [-0.4, -0.2) is 9.78 Å². The van der Waals surface area contributed by atoms with Crippen molar-refractivity contribution in [3.8, 4) is 10.6 Å². The first-order valence-electron chi connectivity index (χ1n) is 4.65. The molecule has 2 heterocycles. The van der Waals surface area contributed by atoms with Gasteiger partial charge >= 0.3 is 0 Å². The van der Waals surface area contributed by atoms with Gasteiger partial charge in [-0.1, -0.05) is 6.07 Å². The molecule has 0 aliphatic rings. The average Bonchev–Trinajstić information content (AvgIpc) is 2.85. The third kappa shape index (κ3) is 1.58. The molecule has 2 aromatic rings. The molecule has 0 spiro atoms. The van der Waals surface area contributed by atoms with Gasteiger partial charge in [-0.15, -0.1) is 11.3 Å². The van der Waals surface area contributed by atoms with E-state index in [2.05, 4.69) is 23.5 Å². The van der Waals surface area contributed by atoms with E-state index in [1.165, 1.54) is 4.88 Å². The lowest BCUT2D eigenvalue weighted by molar-refractivity contribution is 0.661. The predicted octanol–water partition coefficient (Wildman–Crippen LogP) is 2.09. The summed E-state index contributed by atoms with van der Waals surface area (Å²) in [4.78, 5) is 1.19. The molecule has 0 saturated heterocycles. The third-order valence-corrected chi connectivity index (χ3v) is 3.01. The Balaban J connectivity index is 2.46. The first kappa shape index (κ1) is 9.43. The van der Waals surface area contributed by atoms with Crippen LogP contribution in [-0.2, 0) is 13.1 Å². The smallest absolute Gasteiger partial charge is 0.107 e. The van der Waals surface area contributed by atoms with E-state index in [9.17, 15) is 0 Å². The van der Waals surface area contributed by atoms with Gasteiger partial charge in [0.05, 0.1) is 4.88 Å². The topological polar surface area (TPSA) is 43.8 Å². The highest BCUT2D eigenvalue weighted by Gasteiger charge is 2.09. The van der Waals surface area contributed by atoms with E-state index < -0.39 is 0 Å². The van der Waals surface area contributed by atoms with Crippen molar-refractivity contribution in [2.24, 2.45) is 5.73 Å². The molecule has 2 N–H and O–H groups in total. The molecule has 0 aliphatic carbocycles. The maximum atomic E-state index is 5.68. The Hall–Kier alpha value is -1.13. The number of rotatable bonds is 3. The zero-order valence-corrected chi connectivity index (χ0v) is 8.92. The fourth-order valence-corrected chi connectivity index (χ4v) is 2.14. The molecular weight excluding hydrogens is 194 g/mol. The number of nitrogens with two attached hydrogens (primary N) is 1. The maximum Gasteiger partial charge on any atom is 0.107 e. The van der Waals surface area contributed by atoms with Crippen molar-refractivity contribution in [1.82, 2.24) is 9.78 Å². The third-order valence-electron chi connectivity index (χ3n) is 2.14. The van der Waals surface area contributed by atoms with Crippen molar-refractivity contribution in [2.45, 2.75) is 20.0 Å². The molecule has 0 amide bonds. The number of hydrogen-bond acceptors (Lipinski definition) is 3. The van der Waals surface area contributed by atoms with Gasteiger partial charge in [-0.25, -0.2) is 0 Å². The lowest BCUT2D eigenvalue weighted by atomic mass is 10.2. The number of nitrogens with zero attached hydrogens (tertiary/aromatic N) is 2. The number of aryl methyl sites for hydroxylation is 1. The summed E-state index contributed by atoms with van der Waals surface area (Å²) >= 11 is 1.70. The van der Waals surface area contributed by atoms with Gasteiger partial charge in [0.2, 0.25) is 0 Å². The molecule has 0 bridgehead atoms. The van der Waals surface area contributed by atoms with Crippen LogP contribution in [0.25, 0.3) is 10.6 Å². The molecule has 0 atom stereocenters. The summed E-state index contributed by atoms with van der Waals surface area (Å²) in [7, 11) is 0. The van der Waals surface area contributed by atoms with E-state index in [0.717, 1.165) is 17.8 Å². The van der Waals surface area contributed by atoms with Crippen LogP contribution in [0.2, 0.25) is 0 Å². The van der Waals surface area contributed by atoms with E-state index in [4.69, 9.17) is 5.73 Å². The number of thiophene rings is 1. The van der Waals surface area contributed by atoms with E-state index in [1.807, 2.05) is 16.9 Å². The van der Waals surface area contributed by atoms with Crippen LogP contribution in [0.1, 0.15) is 12.5 Å². The van der Waals surface area contributed by atoms with Gasteiger partial charge in [0, 0.05) is 24.8 Å². The van der Waals surface area contributed by atoms with Gasteiger partial charge < -0.3 is 5.73 Å². The van der Waals surface area contributed by atoms with Crippen LogP contribution in [0.15, 0.2) is 23.7 Å². The Bertz CT molecular complexity index is 403. The Morgan fingerprint density at radius 3 is 3.00 bits per heavy atom. The zero-order valence-electron chi connectivity index (χ0n) is 8.10. The van der Waals surface area contributed by atoms with Crippen molar-refractivity contribution < 1.29 is 0 Å². The van der Waals surface area contributed by atoms with E-state index in [-0.39, 0.29) is 0 Å². The molecule has 0 unspecified atom stereocenters. The molecule has 0 fully saturated rings. The van der Waals surface area contributed by atoms with Crippen molar-refractivity contribution in [1.29, 1.82) is 0 Å². The number of aromatic nitrogens is 2. The van der Waals surface area contributed by atoms with E-state index in [1.54, 1.807) is 11.3 Å². The van der Waals surface area contributed by atoms with Crippen molar-refractivity contribution in [3.63, 3.8) is 0 Å². The summed E-state index contributed by atoms with van der Waals surface area (Å²) in [5.41, 5.74) is 7.83. The summed E-state index contributed by atoms with van der Waals surface area (Å²) < 4.78 is 1.93. The molecule has 74 valence electrons. The molecule has 0 radical (unpaired) electrons. The van der Waals surface area contributed by atoms with Gasteiger partial charge in [-0.3, -0.25) is 4.68 Å². The van der Waals surface area contributed by atoms with Crippen LogP contribution >= 0.6 is 11.3 Å². The molecule has 0 aliphatic heterocycles. The standard InChI is InChI=1S/C10H13N3S/c1-2-13-7-8(6-11)10(12-13)9-4-3-5-14-9/h3-5,7H,2,6,11H2,1H3. The summed E-state index contributed by atoms with van der Waals surface area (Å²) in [6, 6.07) is 4.11. The summed E-state index contributed by atoms with van der Waals surface area (Å²) in [5, 5.41) is 6.55. The van der Waals surface area contributed by atoms with Crippen molar-refractivity contribution in [2.75, 3.05) is 0 Å². The molecule has 2 aromatic heterocycles.